The maximum atomic E-state index is 13.1. The van der Waals surface area contributed by atoms with Crippen molar-refractivity contribution in [2.24, 2.45) is 0 Å². The number of piperazine rings is 1. The smallest absolute Gasteiger partial charge is 0.262 e. The molecule has 3 fully saturated rings. The van der Waals surface area contributed by atoms with Crippen molar-refractivity contribution >= 4 is 40.8 Å². The average molecular weight is 821 g/mol. The molecule has 3 aromatic rings. The van der Waals surface area contributed by atoms with Crippen molar-refractivity contribution in [3.8, 4) is 5.75 Å². The lowest BCUT2D eigenvalue weighted by atomic mass is 10.0. The number of para-hydroxylation sites is 1. The number of carbonyl (C=O) groups is 5. The lowest BCUT2D eigenvalue weighted by Gasteiger charge is -2.35. The van der Waals surface area contributed by atoms with Crippen molar-refractivity contribution in [3.63, 3.8) is 0 Å². The number of amides is 4. The van der Waals surface area contributed by atoms with Gasteiger partial charge in [0.25, 0.3) is 11.8 Å². The third kappa shape index (κ3) is 10.2. The van der Waals surface area contributed by atoms with E-state index in [-0.39, 0.29) is 35.0 Å². The molecule has 0 aliphatic carbocycles. The van der Waals surface area contributed by atoms with Crippen LogP contribution in [0, 0.1) is 0 Å². The molecule has 4 heterocycles. The molecule has 0 radical (unpaired) electrons. The molecular weight excluding hydrogens is 769 g/mol. The van der Waals surface area contributed by atoms with Gasteiger partial charge >= 0.3 is 0 Å². The molecule has 0 saturated carbocycles. The Hall–Kier alpha value is -6.03. The van der Waals surface area contributed by atoms with Crippen LogP contribution in [0.25, 0.3) is 0 Å². The fourth-order valence-electron chi connectivity index (χ4n) is 8.09. The van der Waals surface area contributed by atoms with Crippen LogP contribution in [0.3, 0.4) is 0 Å². The molecule has 3 aromatic carbocycles. The van der Waals surface area contributed by atoms with E-state index in [0.29, 0.717) is 101 Å². The molecular formula is C45H52N6O9. The topological polar surface area (TPSA) is 179 Å². The summed E-state index contributed by atoms with van der Waals surface area (Å²) in [5.41, 5.74) is 4.42. The number of phenolic OH excluding ortho intramolecular Hbond substituents is 1. The van der Waals surface area contributed by atoms with Gasteiger partial charge in [0.1, 0.15) is 11.8 Å². The first kappa shape index (κ1) is 42.1. The highest BCUT2D eigenvalue weighted by atomic mass is 16.5. The van der Waals surface area contributed by atoms with E-state index in [0.717, 1.165) is 30.0 Å². The van der Waals surface area contributed by atoms with E-state index < -0.39 is 23.8 Å². The number of ether oxygens (including phenoxy) is 3. The average Bonchev–Trinajstić information content (AvgIpc) is 3.92. The Kier molecular flexibility index (Phi) is 13.9. The Bertz CT molecular complexity index is 2120. The molecule has 60 heavy (non-hydrogen) atoms. The molecule has 7 rings (SSSR count). The molecule has 316 valence electrons. The predicted molar refractivity (Wildman–Crippen MR) is 224 cm³/mol. The first-order valence-electron chi connectivity index (χ1n) is 20.5. The van der Waals surface area contributed by atoms with Crippen molar-refractivity contribution in [1.29, 1.82) is 0 Å². The molecule has 4 N–H and O–H groups in total. The number of benzene rings is 3. The first-order chi connectivity index (χ1) is 29.2. The summed E-state index contributed by atoms with van der Waals surface area (Å²) in [6.45, 7) is 8.66. The maximum absolute atomic E-state index is 13.1. The van der Waals surface area contributed by atoms with Crippen LogP contribution in [0.4, 0.5) is 11.4 Å². The Labute approximate surface area is 349 Å². The SMILES string of the molecule is C=C1CCC(N2C(=O)c3ccc(NCCOCCOCCOCCC(=O)NCCc4cccc(N5C[C@H]6C[C@@H]5CN6/C=C/C(=O)c5ccccc5O)c4)cc3C2=O)C(=O)N1. The van der Waals surface area contributed by atoms with Crippen molar-refractivity contribution < 1.29 is 43.3 Å². The highest BCUT2D eigenvalue weighted by Crippen LogP contribution is 2.35. The van der Waals surface area contributed by atoms with Gasteiger partial charge < -0.3 is 45.1 Å². The Morgan fingerprint density at radius 2 is 1.62 bits per heavy atom. The zero-order valence-corrected chi connectivity index (χ0v) is 33.6. The minimum atomic E-state index is -0.846. The zero-order chi connectivity index (χ0) is 42.0. The molecule has 4 amide bonds. The third-order valence-electron chi connectivity index (χ3n) is 11.2. The number of imide groups is 1. The lowest BCUT2D eigenvalue weighted by Crippen LogP contribution is -2.51. The summed E-state index contributed by atoms with van der Waals surface area (Å²) in [7, 11) is 0. The van der Waals surface area contributed by atoms with Crippen molar-refractivity contribution in [2.75, 3.05) is 76.0 Å². The Morgan fingerprint density at radius 3 is 2.38 bits per heavy atom. The van der Waals surface area contributed by atoms with Gasteiger partial charge in [-0.15, -0.1) is 0 Å². The van der Waals surface area contributed by atoms with E-state index in [9.17, 15) is 29.1 Å². The van der Waals surface area contributed by atoms with E-state index in [1.165, 1.54) is 11.8 Å². The van der Waals surface area contributed by atoms with Crippen LogP contribution in [-0.4, -0.2) is 128 Å². The van der Waals surface area contributed by atoms with Gasteiger partial charge in [-0.1, -0.05) is 30.8 Å². The largest absolute Gasteiger partial charge is 0.507 e. The number of rotatable bonds is 21. The molecule has 4 aliphatic rings. The number of likely N-dealkylation sites (tertiary alicyclic amines) is 1. The van der Waals surface area contributed by atoms with Crippen LogP contribution in [0.5, 0.6) is 5.75 Å². The summed E-state index contributed by atoms with van der Waals surface area (Å²) in [5, 5.41) is 18.8. The highest BCUT2D eigenvalue weighted by molar-refractivity contribution is 6.23. The summed E-state index contributed by atoms with van der Waals surface area (Å²) in [4.78, 5) is 69.1. The fourth-order valence-corrected chi connectivity index (χ4v) is 8.09. The summed E-state index contributed by atoms with van der Waals surface area (Å²) >= 11 is 0. The van der Waals surface area contributed by atoms with E-state index >= 15 is 0 Å². The number of nitrogens with one attached hydrogen (secondary N) is 3. The summed E-state index contributed by atoms with van der Waals surface area (Å²) < 4.78 is 16.8. The van der Waals surface area contributed by atoms with E-state index in [1.54, 1.807) is 42.5 Å². The van der Waals surface area contributed by atoms with Gasteiger partial charge in [0.2, 0.25) is 11.8 Å². The Morgan fingerprint density at radius 1 is 0.850 bits per heavy atom. The number of nitrogens with zero attached hydrogens (tertiary/aromatic N) is 3. The number of fused-ring (bicyclic) bond motifs is 3. The second kappa shape index (κ2) is 19.8. The number of anilines is 2. The van der Waals surface area contributed by atoms with Gasteiger partial charge in [-0.3, -0.25) is 28.9 Å². The molecule has 2 bridgehead atoms. The Balaban J connectivity index is 0.696. The minimum Gasteiger partial charge on any atom is -0.507 e. The molecule has 1 unspecified atom stereocenters. The minimum absolute atomic E-state index is 0.0112. The molecule has 3 atom stereocenters. The predicted octanol–water partition coefficient (Wildman–Crippen LogP) is 3.65. The molecule has 15 heteroatoms. The van der Waals surface area contributed by atoms with Crippen LogP contribution in [-0.2, 0) is 30.2 Å². The number of allylic oxidation sites excluding steroid dienone is 2. The highest BCUT2D eigenvalue weighted by Gasteiger charge is 2.44. The number of piperidine rings is 1. The molecule has 0 aromatic heterocycles. The van der Waals surface area contributed by atoms with Gasteiger partial charge in [0, 0.05) is 74.0 Å². The van der Waals surface area contributed by atoms with Gasteiger partial charge in [0.05, 0.1) is 56.3 Å². The van der Waals surface area contributed by atoms with Crippen molar-refractivity contribution in [3.05, 3.63) is 114 Å². The summed E-state index contributed by atoms with van der Waals surface area (Å²) in [6, 6.07) is 19.8. The van der Waals surface area contributed by atoms with Gasteiger partial charge in [-0.05, 0) is 73.7 Å². The lowest BCUT2D eigenvalue weighted by molar-refractivity contribution is -0.125. The number of aromatic hydroxyl groups is 1. The number of hydrogen-bond acceptors (Lipinski definition) is 12. The molecule has 0 spiro atoms. The third-order valence-corrected chi connectivity index (χ3v) is 11.2. The number of hydrogen-bond donors (Lipinski definition) is 4. The van der Waals surface area contributed by atoms with E-state index in [4.69, 9.17) is 14.2 Å². The normalized spacial score (nSPS) is 19.7. The maximum Gasteiger partial charge on any atom is 0.262 e. The van der Waals surface area contributed by atoms with E-state index in [1.807, 2.05) is 6.20 Å². The quantitative estimate of drug-likeness (QED) is 0.0532. The zero-order valence-electron chi connectivity index (χ0n) is 33.6. The van der Waals surface area contributed by atoms with Crippen LogP contribution in [0.1, 0.15) is 62.3 Å². The molecule has 15 nitrogen and oxygen atoms in total. The van der Waals surface area contributed by atoms with Crippen molar-refractivity contribution in [1.82, 2.24) is 20.4 Å². The van der Waals surface area contributed by atoms with Crippen LogP contribution in [0.2, 0.25) is 0 Å². The second-order valence-electron chi connectivity index (χ2n) is 15.3. The van der Waals surface area contributed by atoms with Crippen molar-refractivity contribution in [2.45, 2.75) is 50.2 Å². The molecule has 3 saturated heterocycles. The van der Waals surface area contributed by atoms with E-state index in [2.05, 4.69) is 56.6 Å². The fraction of sp³-hybridized carbons (Fsp3) is 0.400. The second-order valence-corrected chi connectivity index (χ2v) is 15.3. The van der Waals surface area contributed by atoms with Crippen LogP contribution in [0.15, 0.2) is 91.3 Å². The monoisotopic (exact) mass is 820 g/mol. The number of carbonyl (C=O) groups excluding carboxylic acids is 5. The van der Waals surface area contributed by atoms with Gasteiger partial charge in [0.15, 0.2) is 5.78 Å². The summed E-state index contributed by atoms with van der Waals surface area (Å²) in [5.74, 6) is -1.63. The summed E-state index contributed by atoms with van der Waals surface area (Å²) in [6.07, 6.45) is 6.27. The first-order valence-corrected chi connectivity index (χ1v) is 20.5. The number of phenols is 1. The number of ketones is 1. The van der Waals surface area contributed by atoms with Crippen LogP contribution < -0.4 is 20.9 Å². The van der Waals surface area contributed by atoms with Gasteiger partial charge in [-0.2, -0.15) is 0 Å². The molecule has 4 aliphatic heterocycles. The van der Waals surface area contributed by atoms with Gasteiger partial charge in [-0.25, -0.2) is 0 Å². The standard InChI is InChI=1S/C45H52N6O9/c1-30-9-12-39(43(55)48-30)51-44(56)36-11-10-32(26-38(36)45(51)57)46-17-20-59-22-24-60-23-21-58-19-15-42(54)47-16-13-31-5-4-6-33(25-31)50-29-34-27-35(50)28-49(34)18-14-41(53)37-7-2-3-8-40(37)52/h2-8,10-11,14,18,25-26,34-35,39,46,52H,1,9,12-13,15-17,19-24,27-29H2,(H,47,54)(H,48,55)/b18-14+/t34-,35-,39?/m1/s1. The van der Waals surface area contributed by atoms with Crippen LogP contribution >= 0.6 is 0 Å².